The number of hydrogen-bond donors (Lipinski definition) is 2. The molecule has 7 nitrogen and oxygen atoms in total. The lowest BCUT2D eigenvalue weighted by molar-refractivity contribution is -0.384. The lowest BCUT2D eigenvalue weighted by Gasteiger charge is -2.08. The molecule has 0 spiro atoms. The molecule has 1 heterocycles. The summed E-state index contributed by atoms with van der Waals surface area (Å²) >= 11 is 12.3. The normalized spacial score (nSPS) is 11.3. The highest BCUT2D eigenvalue weighted by molar-refractivity contribution is 7.93. The molecule has 0 unspecified atom stereocenters. The number of nitrogens with zero attached hydrogens (tertiary/aromatic N) is 1. The van der Waals surface area contributed by atoms with Crippen LogP contribution < -0.4 is 4.72 Å². The van der Waals surface area contributed by atoms with Gasteiger partial charge in [-0.15, -0.1) is 11.3 Å². The smallest absolute Gasteiger partial charge is 0.273 e. The van der Waals surface area contributed by atoms with E-state index in [9.17, 15) is 23.6 Å². The van der Waals surface area contributed by atoms with E-state index >= 15 is 0 Å². The molecule has 0 saturated heterocycles. The van der Waals surface area contributed by atoms with Gasteiger partial charge in [0.05, 0.1) is 21.0 Å². The zero-order chi connectivity index (χ0) is 15.8. The van der Waals surface area contributed by atoms with Gasteiger partial charge in [-0.2, -0.15) is 0 Å². The Morgan fingerprint density at radius 3 is 2.43 bits per heavy atom. The second-order valence-electron chi connectivity index (χ2n) is 3.75. The van der Waals surface area contributed by atoms with E-state index < -0.39 is 20.7 Å². The van der Waals surface area contributed by atoms with E-state index in [4.69, 9.17) is 23.2 Å². The molecule has 0 fully saturated rings. The van der Waals surface area contributed by atoms with Gasteiger partial charge < -0.3 is 5.11 Å². The highest BCUT2D eigenvalue weighted by Gasteiger charge is 2.23. The molecule has 0 aliphatic heterocycles. The lowest BCUT2D eigenvalue weighted by Crippen LogP contribution is -2.12. The van der Waals surface area contributed by atoms with Crippen LogP contribution in [0.1, 0.15) is 0 Å². The number of hydrogen-bond acceptors (Lipinski definition) is 6. The van der Waals surface area contributed by atoms with E-state index in [1.54, 1.807) is 0 Å². The Bertz CT molecular complexity index is 819. The van der Waals surface area contributed by atoms with Gasteiger partial charge in [-0.05, 0) is 12.1 Å². The number of anilines is 1. The fourth-order valence-electron chi connectivity index (χ4n) is 1.43. The van der Waals surface area contributed by atoms with Gasteiger partial charge in [0.25, 0.3) is 15.7 Å². The zero-order valence-electron chi connectivity index (χ0n) is 9.91. The SMILES string of the molecule is O=[N+]([O-])c1ccc(NS(=O)(=O)c2cc(Cl)sc2Cl)c(O)c1. The van der Waals surface area contributed by atoms with Crippen LogP contribution in [0.25, 0.3) is 0 Å². The summed E-state index contributed by atoms with van der Waals surface area (Å²) < 4.78 is 26.5. The van der Waals surface area contributed by atoms with Gasteiger partial charge in [-0.3, -0.25) is 14.8 Å². The molecule has 0 radical (unpaired) electrons. The monoisotopic (exact) mass is 368 g/mol. The average Bonchev–Trinajstić information content (AvgIpc) is 2.71. The Balaban J connectivity index is 2.37. The highest BCUT2D eigenvalue weighted by atomic mass is 35.5. The van der Waals surface area contributed by atoms with E-state index in [0.29, 0.717) is 0 Å². The van der Waals surface area contributed by atoms with Crippen LogP contribution in [0.15, 0.2) is 29.2 Å². The second-order valence-corrected chi connectivity index (χ2v) is 7.69. The first-order valence-corrected chi connectivity index (χ1v) is 8.21. The molecule has 0 aliphatic rings. The molecule has 11 heteroatoms. The molecule has 0 amide bonds. The van der Waals surface area contributed by atoms with Gasteiger partial charge in [-0.1, -0.05) is 23.2 Å². The molecule has 1 aromatic carbocycles. The zero-order valence-corrected chi connectivity index (χ0v) is 13.1. The van der Waals surface area contributed by atoms with Crippen molar-refractivity contribution in [1.29, 1.82) is 0 Å². The molecule has 1 aromatic heterocycles. The van der Waals surface area contributed by atoms with E-state index in [1.807, 2.05) is 0 Å². The number of halogens is 2. The van der Waals surface area contributed by atoms with Crippen molar-refractivity contribution in [2.45, 2.75) is 4.90 Å². The molecule has 2 rings (SSSR count). The van der Waals surface area contributed by atoms with Crippen molar-refractivity contribution in [2.24, 2.45) is 0 Å². The van der Waals surface area contributed by atoms with Crippen LogP contribution in [0.3, 0.4) is 0 Å². The number of nitro groups is 1. The molecule has 112 valence electrons. The Hall–Kier alpha value is -1.55. The lowest BCUT2D eigenvalue weighted by atomic mass is 10.3. The van der Waals surface area contributed by atoms with Crippen molar-refractivity contribution in [1.82, 2.24) is 0 Å². The van der Waals surface area contributed by atoms with Crippen LogP contribution in [-0.2, 0) is 10.0 Å². The Morgan fingerprint density at radius 2 is 1.95 bits per heavy atom. The van der Waals surface area contributed by atoms with E-state index in [2.05, 4.69) is 4.72 Å². The molecular formula is C10H6Cl2N2O5S2. The number of phenolic OH excluding ortho intramolecular Hbond substituents is 1. The summed E-state index contributed by atoms with van der Waals surface area (Å²) in [6.45, 7) is 0. The third-order valence-corrected chi connectivity index (χ3v) is 5.47. The Morgan fingerprint density at radius 1 is 1.29 bits per heavy atom. The van der Waals surface area contributed by atoms with Crippen LogP contribution in [-0.4, -0.2) is 18.4 Å². The predicted molar refractivity (Wildman–Crippen MR) is 79.9 cm³/mol. The molecular weight excluding hydrogens is 363 g/mol. The Kier molecular flexibility index (Phi) is 4.28. The van der Waals surface area contributed by atoms with Gasteiger partial charge in [0, 0.05) is 6.07 Å². The molecule has 2 N–H and O–H groups in total. The van der Waals surface area contributed by atoms with Gasteiger partial charge in [0.1, 0.15) is 15.0 Å². The molecule has 0 saturated carbocycles. The van der Waals surface area contributed by atoms with Crippen molar-refractivity contribution in [3.8, 4) is 5.75 Å². The molecule has 21 heavy (non-hydrogen) atoms. The van der Waals surface area contributed by atoms with Crippen LogP contribution in [0.5, 0.6) is 5.75 Å². The number of benzene rings is 1. The standard InChI is InChI=1S/C10H6Cl2N2O5S2/c11-9-4-8(10(12)20-9)21(18,19)13-6-2-1-5(14(16)17)3-7(6)15/h1-4,13,15H. The van der Waals surface area contributed by atoms with Crippen LogP contribution in [0.4, 0.5) is 11.4 Å². The van der Waals surface area contributed by atoms with Crippen molar-refractivity contribution in [2.75, 3.05) is 4.72 Å². The summed E-state index contributed by atoms with van der Waals surface area (Å²) in [7, 11) is -4.06. The fourth-order valence-corrected chi connectivity index (χ4v) is 4.65. The maximum Gasteiger partial charge on any atom is 0.273 e. The van der Waals surface area contributed by atoms with Crippen molar-refractivity contribution in [3.63, 3.8) is 0 Å². The maximum absolute atomic E-state index is 12.1. The first-order valence-electron chi connectivity index (χ1n) is 5.16. The number of sulfonamides is 1. The van der Waals surface area contributed by atoms with Gasteiger partial charge >= 0.3 is 0 Å². The summed E-state index contributed by atoms with van der Waals surface area (Å²) in [5, 5.41) is 20.2. The number of phenols is 1. The van der Waals surface area contributed by atoms with Crippen LogP contribution in [0.2, 0.25) is 8.67 Å². The minimum Gasteiger partial charge on any atom is -0.505 e. The molecule has 2 aromatic rings. The molecule has 0 bridgehead atoms. The Labute approximate surface area is 132 Å². The van der Waals surface area contributed by atoms with E-state index in [0.717, 1.165) is 29.5 Å². The third kappa shape index (κ3) is 3.38. The van der Waals surface area contributed by atoms with Crippen molar-refractivity contribution in [3.05, 3.63) is 43.1 Å². The summed E-state index contributed by atoms with van der Waals surface area (Å²) in [5.41, 5.74) is -0.578. The van der Waals surface area contributed by atoms with Gasteiger partial charge in [-0.25, -0.2) is 8.42 Å². The largest absolute Gasteiger partial charge is 0.505 e. The average molecular weight is 369 g/mol. The summed E-state index contributed by atoms with van der Waals surface area (Å²) in [6.07, 6.45) is 0. The minimum absolute atomic E-state index is 0.0334. The first-order chi connectivity index (χ1) is 9.70. The number of nitro benzene ring substituents is 1. The third-order valence-electron chi connectivity index (χ3n) is 2.35. The predicted octanol–water partition coefficient (Wildman–Crippen LogP) is 3.47. The van der Waals surface area contributed by atoms with E-state index in [-0.39, 0.29) is 24.9 Å². The first kappa shape index (κ1) is 15.8. The molecule has 0 aliphatic carbocycles. The van der Waals surface area contributed by atoms with Crippen molar-refractivity contribution >= 4 is 55.9 Å². The highest BCUT2D eigenvalue weighted by Crippen LogP contribution is 2.36. The van der Waals surface area contributed by atoms with Crippen molar-refractivity contribution < 1.29 is 18.4 Å². The maximum atomic E-state index is 12.1. The van der Waals surface area contributed by atoms with E-state index in [1.165, 1.54) is 6.07 Å². The second kappa shape index (κ2) is 5.68. The number of non-ortho nitro benzene ring substituents is 1. The number of aromatic hydroxyl groups is 1. The van der Waals surface area contributed by atoms with Crippen LogP contribution >= 0.6 is 34.5 Å². The summed E-state index contributed by atoms with van der Waals surface area (Å²) in [4.78, 5) is 9.59. The summed E-state index contributed by atoms with van der Waals surface area (Å²) in [5.74, 6) is -0.578. The number of thiophene rings is 1. The van der Waals surface area contributed by atoms with Crippen LogP contribution in [0, 0.1) is 10.1 Å². The quantitative estimate of drug-likeness (QED) is 0.487. The molecule has 0 atom stereocenters. The fraction of sp³-hybridized carbons (Fsp3) is 0. The van der Waals surface area contributed by atoms with Gasteiger partial charge in [0.2, 0.25) is 0 Å². The van der Waals surface area contributed by atoms with Gasteiger partial charge in [0.15, 0.2) is 0 Å². The number of nitrogens with one attached hydrogen (secondary N) is 1. The number of rotatable bonds is 4. The minimum atomic E-state index is -4.06. The summed E-state index contributed by atoms with van der Waals surface area (Å²) in [6, 6.07) is 4.13. The topological polar surface area (TPSA) is 110 Å².